The molecule has 1 atom stereocenters. The summed E-state index contributed by atoms with van der Waals surface area (Å²) in [5, 5.41) is 15.2. The van der Waals surface area contributed by atoms with Crippen molar-refractivity contribution < 1.29 is 18.1 Å². The Morgan fingerprint density at radius 1 is 1.15 bits per heavy atom. The molecule has 1 aromatic heterocycles. The van der Waals surface area contributed by atoms with Crippen LogP contribution in [0.4, 0.5) is 24.5 Å². The van der Waals surface area contributed by atoms with Crippen molar-refractivity contribution >= 4 is 22.1 Å². The Morgan fingerprint density at radius 3 is 2.62 bits per heavy atom. The number of non-ortho nitro benzene ring substituents is 1. The maximum atomic E-state index is 12.9. The second-order valence-electron chi connectivity index (χ2n) is 5.80. The Kier molecular flexibility index (Phi) is 4.50. The smallest absolute Gasteiger partial charge is 0.378 e. The zero-order valence-electron chi connectivity index (χ0n) is 13.6. The monoisotopic (exact) mass is 361 g/mol. The van der Waals surface area contributed by atoms with E-state index in [2.05, 4.69) is 10.3 Å². The predicted molar refractivity (Wildman–Crippen MR) is 91.9 cm³/mol. The molecule has 134 valence electrons. The van der Waals surface area contributed by atoms with Crippen molar-refractivity contribution in [3.8, 4) is 0 Å². The fraction of sp³-hybridized carbons (Fsp3) is 0.167. The highest BCUT2D eigenvalue weighted by atomic mass is 19.4. The number of anilines is 1. The van der Waals surface area contributed by atoms with Crippen molar-refractivity contribution in [3.63, 3.8) is 0 Å². The number of pyridine rings is 1. The number of benzene rings is 2. The fourth-order valence-corrected chi connectivity index (χ4v) is 2.76. The van der Waals surface area contributed by atoms with Crippen molar-refractivity contribution in [2.24, 2.45) is 0 Å². The highest BCUT2D eigenvalue weighted by Gasteiger charge is 2.30. The summed E-state index contributed by atoms with van der Waals surface area (Å²) in [6.07, 6.45) is -1.51. The molecule has 0 saturated carbocycles. The first-order chi connectivity index (χ1) is 12.3. The lowest BCUT2D eigenvalue weighted by Gasteiger charge is -2.18. The molecule has 3 aromatic rings. The van der Waals surface area contributed by atoms with Gasteiger partial charge in [0.2, 0.25) is 0 Å². The Bertz CT molecular complexity index is 973. The summed E-state index contributed by atoms with van der Waals surface area (Å²) < 4.78 is 38.7. The lowest BCUT2D eigenvalue weighted by atomic mass is 10.0. The van der Waals surface area contributed by atoms with Crippen molar-refractivity contribution in [1.29, 1.82) is 0 Å². The van der Waals surface area contributed by atoms with Gasteiger partial charge in [-0.3, -0.25) is 15.1 Å². The maximum absolute atomic E-state index is 12.9. The quantitative estimate of drug-likeness (QED) is 0.503. The molecule has 3 rings (SSSR count). The minimum absolute atomic E-state index is 0.0784. The second-order valence-corrected chi connectivity index (χ2v) is 5.80. The van der Waals surface area contributed by atoms with Crippen molar-refractivity contribution in [3.05, 3.63) is 76.1 Å². The molecule has 0 bridgehead atoms. The molecule has 0 aliphatic heterocycles. The Labute approximate surface area is 146 Å². The van der Waals surface area contributed by atoms with Crippen LogP contribution in [-0.2, 0) is 6.18 Å². The maximum Gasteiger partial charge on any atom is 0.416 e. The Hall–Kier alpha value is -3.16. The van der Waals surface area contributed by atoms with Crippen molar-refractivity contribution in [2.75, 3.05) is 5.32 Å². The van der Waals surface area contributed by atoms with Gasteiger partial charge < -0.3 is 5.32 Å². The van der Waals surface area contributed by atoms with Crippen LogP contribution in [0.3, 0.4) is 0 Å². The molecule has 0 fully saturated rings. The SMILES string of the molecule is CC(Nc1ccc([N+](=O)[O-])c2cnccc12)c1cccc(C(F)(F)F)c1. The number of rotatable bonds is 4. The van der Waals surface area contributed by atoms with Gasteiger partial charge in [0.1, 0.15) is 0 Å². The van der Waals surface area contributed by atoms with Crippen LogP contribution >= 0.6 is 0 Å². The van der Waals surface area contributed by atoms with E-state index in [9.17, 15) is 23.3 Å². The predicted octanol–water partition coefficient (Wildman–Crippen LogP) is 5.33. The number of alkyl halides is 3. The normalized spacial score (nSPS) is 12.8. The van der Waals surface area contributed by atoms with Gasteiger partial charge in [-0.05, 0) is 36.8 Å². The number of nitro groups is 1. The summed E-state index contributed by atoms with van der Waals surface area (Å²) >= 11 is 0. The van der Waals surface area contributed by atoms with Crippen LogP contribution in [0.25, 0.3) is 10.8 Å². The zero-order valence-corrected chi connectivity index (χ0v) is 13.6. The molecule has 26 heavy (non-hydrogen) atoms. The lowest BCUT2D eigenvalue weighted by Crippen LogP contribution is -2.10. The molecule has 0 amide bonds. The summed E-state index contributed by atoms with van der Waals surface area (Å²) in [6, 6.07) is 9.15. The molecule has 1 heterocycles. The molecule has 0 spiro atoms. The van der Waals surface area contributed by atoms with Gasteiger partial charge >= 0.3 is 6.18 Å². The third-order valence-electron chi connectivity index (χ3n) is 4.08. The van der Waals surface area contributed by atoms with E-state index < -0.39 is 22.7 Å². The number of fused-ring (bicyclic) bond motifs is 1. The van der Waals surface area contributed by atoms with Crippen LogP contribution in [0.5, 0.6) is 0 Å². The van der Waals surface area contributed by atoms with E-state index in [0.717, 1.165) is 12.1 Å². The molecule has 8 heteroatoms. The van der Waals surface area contributed by atoms with E-state index >= 15 is 0 Å². The molecular formula is C18H14F3N3O2. The van der Waals surface area contributed by atoms with Gasteiger partial charge in [0, 0.05) is 35.6 Å². The number of nitrogens with one attached hydrogen (secondary N) is 1. The van der Waals surface area contributed by atoms with Crippen LogP contribution in [0.1, 0.15) is 24.1 Å². The molecule has 2 aromatic carbocycles. The summed E-state index contributed by atoms with van der Waals surface area (Å²) in [4.78, 5) is 14.6. The topological polar surface area (TPSA) is 68.1 Å². The van der Waals surface area contributed by atoms with Crippen LogP contribution in [0, 0.1) is 10.1 Å². The summed E-state index contributed by atoms with van der Waals surface area (Å²) in [5.41, 5.74) is 0.241. The van der Waals surface area contributed by atoms with Crippen molar-refractivity contribution in [2.45, 2.75) is 19.1 Å². The van der Waals surface area contributed by atoms with Crippen LogP contribution in [-0.4, -0.2) is 9.91 Å². The molecule has 0 aliphatic carbocycles. The number of aromatic nitrogens is 1. The fourth-order valence-electron chi connectivity index (χ4n) is 2.76. The third kappa shape index (κ3) is 3.44. The summed E-state index contributed by atoms with van der Waals surface area (Å²) in [5.74, 6) is 0. The number of nitrogens with zero attached hydrogens (tertiary/aromatic N) is 2. The van der Waals surface area contributed by atoms with E-state index in [0.29, 0.717) is 22.0 Å². The minimum Gasteiger partial charge on any atom is -0.378 e. The van der Waals surface area contributed by atoms with Gasteiger partial charge in [-0.1, -0.05) is 12.1 Å². The molecule has 0 saturated heterocycles. The number of halogens is 3. The summed E-state index contributed by atoms with van der Waals surface area (Å²) in [7, 11) is 0. The second kappa shape index (κ2) is 6.62. The van der Waals surface area contributed by atoms with Gasteiger partial charge in [-0.15, -0.1) is 0 Å². The number of hydrogen-bond acceptors (Lipinski definition) is 4. The Morgan fingerprint density at radius 2 is 1.92 bits per heavy atom. The first-order valence-corrected chi connectivity index (χ1v) is 7.72. The third-order valence-corrected chi connectivity index (χ3v) is 4.08. The molecule has 0 aliphatic rings. The van der Waals surface area contributed by atoms with Gasteiger partial charge in [0.05, 0.1) is 15.9 Å². The van der Waals surface area contributed by atoms with E-state index in [1.54, 1.807) is 25.1 Å². The standard InChI is InChI=1S/C18H14F3N3O2/c1-11(12-3-2-4-13(9-12)18(19,20)21)23-16-5-6-17(24(25)26)15-10-22-8-7-14(15)16/h2-11,23H,1H3. The van der Waals surface area contributed by atoms with E-state index in [1.165, 1.54) is 24.5 Å². The first kappa shape index (κ1) is 17.7. The molecular weight excluding hydrogens is 347 g/mol. The highest BCUT2D eigenvalue weighted by Crippen LogP contribution is 2.34. The molecule has 5 nitrogen and oxygen atoms in total. The van der Waals surface area contributed by atoms with E-state index in [1.807, 2.05) is 0 Å². The number of nitro benzene ring substituents is 1. The Balaban J connectivity index is 1.97. The van der Waals surface area contributed by atoms with Gasteiger partial charge in [-0.2, -0.15) is 13.2 Å². The first-order valence-electron chi connectivity index (χ1n) is 7.72. The van der Waals surface area contributed by atoms with Gasteiger partial charge in [-0.25, -0.2) is 0 Å². The van der Waals surface area contributed by atoms with Gasteiger partial charge in [0.15, 0.2) is 0 Å². The van der Waals surface area contributed by atoms with Crippen LogP contribution < -0.4 is 5.32 Å². The highest BCUT2D eigenvalue weighted by molar-refractivity contribution is 5.99. The van der Waals surface area contributed by atoms with Crippen LogP contribution in [0.2, 0.25) is 0 Å². The van der Waals surface area contributed by atoms with Gasteiger partial charge in [0.25, 0.3) is 5.69 Å². The molecule has 0 radical (unpaired) electrons. The van der Waals surface area contributed by atoms with E-state index in [4.69, 9.17) is 0 Å². The largest absolute Gasteiger partial charge is 0.416 e. The molecule has 1 N–H and O–H groups in total. The average Bonchev–Trinajstić information content (AvgIpc) is 2.61. The van der Waals surface area contributed by atoms with Crippen molar-refractivity contribution in [1.82, 2.24) is 4.98 Å². The number of hydrogen-bond donors (Lipinski definition) is 1. The van der Waals surface area contributed by atoms with Crippen LogP contribution in [0.15, 0.2) is 54.9 Å². The average molecular weight is 361 g/mol. The summed E-state index contributed by atoms with van der Waals surface area (Å²) in [6.45, 7) is 1.73. The lowest BCUT2D eigenvalue weighted by molar-refractivity contribution is -0.383. The minimum atomic E-state index is -4.42. The van der Waals surface area contributed by atoms with E-state index in [-0.39, 0.29) is 5.69 Å². The zero-order chi connectivity index (χ0) is 18.9. The molecule has 1 unspecified atom stereocenters.